The van der Waals surface area contributed by atoms with Crippen molar-refractivity contribution in [3.63, 3.8) is 0 Å². The largest absolute Gasteiger partial charge is 0.379 e. The van der Waals surface area contributed by atoms with Crippen LogP contribution < -0.4 is 5.32 Å². The van der Waals surface area contributed by atoms with E-state index in [0.717, 1.165) is 68.9 Å². The number of morpholine rings is 1. The van der Waals surface area contributed by atoms with Crippen molar-refractivity contribution < 1.29 is 4.74 Å². The lowest BCUT2D eigenvalue weighted by Crippen LogP contribution is -2.39. The molecule has 2 atom stereocenters. The maximum atomic E-state index is 5.84. The van der Waals surface area contributed by atoms with Crippen LogP contribution in [0.5, 0.6) is 0 Å². The second-order valence-electron chi connectivity index (χ2n) is 8.51. The van der Waals surface area contributed by atoms with Gasteiger partial charge in [0.15, 0.2) is 5.11 Å². The molecule has 3 aromatic rings. The predicted molar refractivity (Wildman–Crippen MR) is 132 cm³/mol. The highest BCUT2D eigenvalue weighted by Crippen LogP contribution is 2.38. The Hall–Kier alpha value is -2.81. The Morgan fingerprint density at radius 2 is 1.79 bits per heavy atom. The van der Waals surface area contributed by atoms with Crippen molar-refractivity contribution in [1.82, 2.24) is 29.7 Å². The highest BCUT2D eigenvalue weighted by molar-refractivity contribution is 7.80. The molecule has 1 N–H and O–H groups in total. The molecule has 2 aliphatic rings. The van der Waals surface area contributed by atoms with Gasteiger partial charge in [-0.1, -0.05) is 12.1 Å². The molecule has 8 heteroatoms. The van der Waals surface area contributed by atoms with E-state index in [1.807, 2.05) is 36.7 Å². The van der Waals surface area contributed by atoms with Crippen LogP contribution in [-0.4, -0.2) is 68.8 Å². The van der Waals surface area contributed by atoms with Crippen LogP contribution in [0.2, 0.25) is 0 Å². The number of hydrogen-bond donors (Lipinski definition) is 1. The Labute approximate surface area is 200 Å². The fourth-order valence-corrected chi connectivity index (χ4v) is 5.10. The molecule has 5 rings (SSSR count). The molecule has 0 radical (unpaired) electrons. The minimum atomic E-state index is -0.000491. The van der Waals surface area contributed by atoms with E-state index in [1.54, 1.807) is 0 Å². The van der Waals surface area contributed by atoms with Crippen LogP contribution in [0.15, 0.2) is 67.1 Å². The van der Waals surface area contributed by atoms with Crippen LogP contribution >= 0.6 is 12.2 Å². The monoisotopic (exact) mass is 462 g/mol. The predicted octanol–water partition coefficient (Wildman–Crippen LogP) is 3.02. The zero-order valence-corrected chi connectivity index (χ0v) is 19.5. The number of ether oxygens (including phenoxy) is 1. The van der Waals surface area contributed by atoms with Gasteiger partial charge in [-0.05, 0) is 55.0 Å². The van der Waals surface area contributed by atoms with Crippen molar-refractivity contribution in [3.05, 3.63) is 84.2 Å². The molecule has 0 spiro atoms. The van der Waals surface area contributed by atoms with Gasteiger partial charge in [0, 0.05) is 50.5 Å². The van der Waals surface area contributed by atoms with Crippen LogP contribution in [0.25, 0.3) is 0 Å². The van der Waals surface area contributed by atoms with Crippen molar-refractivity contribution >= 4 is 17.3 Å². The van der Waals surface area contributed by atoms with Gasteiger partial charge in [-0.25, -0.2) is 0 Å². The van der Waals surface area contributed by atoms with Crippen LogP contribution in [0.3, 0.4) is 0 Å². The summed E-state index contributed by atoms with van der Waals surface area (Å²) in [6.07, 6.45) is 6.88. The molecule has 33 heavy (non-hydrogen) atoms. The lowest BCUT2D eigenvalue weighted by molar-refractivity contribution is 0.0365. The number of hydrogen-bond acceptors (Lipinski definition) is 5. The Morgan fingerprint density at radius 1 is 0.970 bits per heavy atom. The third kappa shape index (κ3) is 5.08. The van der Waals surface area contributed by atoms with Crippen molar-refractivity contribution in [2.75, 3.05) is 39.4 Å². The number of aromatic nitrogens is 3. The first-order chi connectivity index (χ1) is 16.3. The van der Waals surface area contributed by atoms with Crippen molar-refractivity contribution in [2.45, 2.75) is 25.0 Å². The maximum absolute atomic E-state index is 5.84. The zero-order valence-electron chi connectivity index (χ0n) is 18.7. The highest BCUT2D eigenvalue weighted by Gasteiger charge is 2.40. The number of pyridine rings is 2. The molecule has 2 fully saturated rings. The Bertz CT molecular complexity index is 1040. The summed E-state index contributed by atoms with van der Waals surface area (Å²) in [7, 11) is 0. The van der Waals surface area contributed by atoms with Crippen LogP contribution in [0, 0.1) is 0 Å². The van der Waals surface area contributed by atoms with Gasteiger partial charge in [0.2, 0.25) is 0 Å². The molecule has 0 aromatic carbocycles. The second-order valence-corrected chi connectivity index (χ2v) is 8.90. The van der Waals surface area contributed by atoms with Gasteiger partial charge in [0.1, 0.15) is 0 Å². The standard InChI is InChI=1S/C25H30N6OS/c33-25-28-23(21-8-2-4-11-27-21)24(31(25)14-6-12-29-15-17-32-18-16-29)22-9-5-13-30(22)19-20-7-1-3-10-26-20/h1-5,7-11,13,23-24H,6,12,14-19H2,(H,28,33)/t23-,24-/m1/s1. The van der Waals surface area contributed by atoms with Gasteiger partial charge < -0.3 is 19.5 Å². The van der Waals surface area contributed by atoms with Gasteiger partial charge in [0.25, 0.3) is 0 Å². The normalized spacial score (nSPS) is 21.3. The first-order valence-corrected chi connectivity index (χ1v) is 12.0. The average Bonchev–Trinajstić information content (AvgIpc) is 3.44. The van der Waals surface area contributed by atoms with Crippen LogP contribution in [0.1, 0.15) is 35.6 Å². The summed E-state index contributed by atoms with van der Waals surface area (Å²) < 4.78 is 7.78. The average molecular weight is 463 g/mol. The molecule has 0 amide bonds. The molecule has 0 saturated carbocycles. The van der Waals surface area contributed by atoms with Crippen molar-refractivity contribution in [3.8, 4) is 0 Å². The van der Waals surface area contributed by atoms with E-state index in [2.05, 4.69) is 60.1 Å². The van der Waals surface area contributed by atoms with E-state index in [4.69, 9.17) is 17.0 Å². The summed E-state index contributed by atoms with van der Waals surface area (Å²) in [6.45, 7) is 6.35. The van der Waals surface area contributed by atoms with E-state index in [9.17, 15) is 0 Å². The molecule has 7 nitrogen and oxygen atoms in total. The van der Waals surface area contributed by atoms with E-state index in [0.29, 0.717) is 0 Å². The topological polar surface area (TPSA) is 58.5 Å². The number of thiocarbonyl (C=S) groups is 1. The fourth-order valence-electron chi connectivity index (χ4n) is 4.76. The molecule has 0 bridgehead atoms. The summed E-state index contributed by atoms with van der Waals surface area (Å²) in [4.78, 5) is 14.0. The smallest absolute Gasteiger partial charge is 0.170 e. The molecule has 172 valence electrons. The molecule has 0 unspecified atom stereocenters. The molecular weight excluding hydrogens is 432 g/mol. The van der Waals surface area contributed by atoms with Gasteiger partial charge in [-0.2, -0.15) is 0 Å². The molecule has 2 aliphatic heterocycles. The Morgan fingerprint density at radius 3 is 2.55 bits per heavy atom. The quantitative estimate of drug-likeness (QED) is 0.517. The summed E-state index contributed by atoms with van der Waals surface area (Å²) in [6, 6.07) is 16.5. The molecular formula is C25H30N6OS. The Kier molecular flexibility index (Phi) is 6.95. The lowest BCUT2D eigenvalue weighted by atomic mass is 10.0. The zero-order chi connectivity index (χ0) is 22.5. The van der Waals surface area contributed by atoms with Gasteiger partial charge in [-0.3, -0.25) is 14.9 Å². The molecule has 0 aliphatic carbocycles. The minimum absolute atomic E-state index is 0.000491. The third-order valence-electron chi connectivity index (χ3n) is 6.40. The molecule has 5 heterocycles. The summed E-state index contributed by atoms with van der Waals surface area (Å²) >= 11 is 5.84. The number of nitrogens with one attached hydrogen (secondary N) is 1. The Balaban J connectivity index is 1.39. The van der Waals surface area contributed by atoms with Gasteiger partial charge in [0.05, 0.1) is 43.2 Å². The molecule has 3 aromatic heterocycles. The second kappa shape index (κ2) is 10.4. The maximum Gasteiger partial charge on any atom is 0.170 e. The van der Waals surface area contributed by atoms with Crippen molar-refractivity contribution in [2.24, 2.45) is 0 Å². The van der Waals surface area contributed by atoms with Gasteiger partial charge >= 0.3 is 0 Å². The lowest BCUT2D eigenvalue weighted by Gasteiger charge is -2.31. The van der Waals surface area contributed by atoms with Gasteiger partial charge in [-0.15, -0.1) is 0 Å². The first kappa shape index (κ1) is 22.0. The van der Waals surface area contributed by atoms with Crippen molar-refractivity contribution in [1.29, 1.82) is 0 Å². The first-order valence-electron chi connectivity index (χ1n) is 11.6. The summed E-state index contributed by atoms with van der Waals surface area (Å²) in [5, 5.41) is 4.37. The van der Waals surface area contributed by atoms with E-state index in [1.165, 1.54) is 5.69 Å². The molecule has 2 saturated heterocycles. The minimum Gasteiger partial charge on any atom is -0.379 e. The van der Waals surface area contributed by atoms with E-state index < -0.39 is 0 Å². The number of nitrogens with zero attached hydrogens (tertiary/aromatic N) is 5. The third-order valence-corrected chi connectivity index (χ3v) is 6.75. The number of rotatable bonds is 8. The van der Waals surface area contributed by atoms with Crippen LogP contribution in [0.4, 0.5) is 0 Å². The SMILES string of the molecule is S=C1N[C@H](c2ccccn2)[C@@H](c2cccn2Cc2ccccn2)N1CCCN1CCOCC1. The highest BCUT2D eigenvalue weighted by atomic mass is 32.1. The van der Waals surface area contributed by atoms with E-state index >= 15 is 0 Å². The van der Waals surface area contributed by atoms with Crippen LogP contribution in [-0.2, 0) is 11.3 Å². The van der Waals surface area contributed by atoms with E-state index in [-0.39, 0.29) is 12.1 Å². The fraction of sp³-hybridized carbons (Fsp3) is 0.400. The summed E-state index contributed by atoms with van der Waals surface area (Å²) in [5.74, 6) is 0. The summed E-state index contributed by atoms with van der Waals surface area (Å²) in [5.41, 5.74) is 3.26.